The van der Waals surface area contributed by atoms with Crippen LogP contribution in [-0.4, -0.2) is 92.4 Å². The summed E-state index contributed by atoms with van der Waals surface area (Å²) in [4.78, 5) is 25.8. The number of nitrogens with zero attached hydrogens (tertiary/aromatic N) is 7. The Balaban J connectivity index is 1.000. The number of piperidine rings is 1. The fraction of sp³-hybridized carbons (Fsp3) is 0.439. The van der Waals surface area contributed by atoms with E-state index in [9.17, 15) is 18.3 Å². The van der Waals surface area contributed by atoms with E-state index in [0.29, 0.717) is 80.8 Å². The van der Waals surface area contributed by atoms with Crippen LogP contribution in [-0.2, 0) is 12.6 Å². The van der Waals surface area contributed by atoms with Crippen LogP contribution in [0.5, 0.6) is 17.6 Å². The van der Waals surface area contributed by atoms with Gasteiger partial charge in [0.05, 0.1) is 23.3 Å². The number of aryl methyl sites for hydroxylation is 1. The lowest BCUT2D eigenvalue weighted by Crippen LogP contribution is -2.55. The zero-order chi connectivity index (χ0) is 39.6. The molecule has 16 heteroatoms. The van der Waals surface area contributed by atoms with Gasteiger partial charge in [-0.2, -0.15) is 28.1 Å². The summed E-state index contributed by atoms with van der Waals surface area (Å²) in [7, 11) is 0. The molecule has 3 fully saturated rings. The number of aromatic nitrogens is 5. The summed E-state index contributed by atoms with van der Waals surface area (Å²) < 4.78 is 83.7. The van der Waals surface area contributed by atoms with Gasteiger partial charge in [0.2, 0.25) is 11.7 Å². The van der Waals surface area contributed by atoms with E-state index in [4.69, 9.17) is 30.8 Å². The molecular weight excluding hydrogens is 747 g/mol. The Morgan fingerprint density at radius 2 is 1.84 bits per heavy atom. The highest BCUT2D eigenvalue weighted by Gasteiger charge is 2.46. The summed E-state index contributed by atoms with van der Waals surface area (Å²) in [6.07, 6.45) is 6.14. The van der Waals surface area contributed by atoms with E-state index in [1.165, 1.54) is 30.3 Å². The first-order chi connectivity index (χ1) is 27.4. The smallest absolute Gasteiger partial charge is 0.451 e. The number of hydrogen-bond donors (Lipinski definition) is 2. The van der Waals surface area contributed by atoms with E-state index in [1.54, 1.807) is 0 Å². The lowest BCUT2D eigenvalue weighted by atomic mass is 9.95. The molecule has 3 aromatic heterocycles. The van der Waals surface area contributed by atoms with E-state index in [2.05, 4.69) is 37.9 Å². The minimum atomic E-state index is -4.65. The Bertz CT molecular complexity index is 2430. The molecule has 1 aliphatic carbocycles. The maximum Gasteiger partial charge on any atom is 0.451 e. The summed E-state index contributed by atoms with van der Waals surface area (Å²) in [5.74, 6) is 0.0667. The standard InChI is InChI=1S/C41H39F5N8O3/c1-3-27-29(42)6-4-23-16-25(55)17-28(32(23)27)35-34(43)36-33-30(49-35)7-5-24-18-48-22(2)19-54(24)37(33)52-39(51-36)56-21-40(11-12-40)20-53-14-9-26(10-15-53)57-31-8-13-47-38(50-31)41(44,45)46/h1,4,6,8,13,16-17,22,24,26,48,55H,5,7,9-12,14-15,18-21H2,2H3/t22-,24-/m1/s1. The Labute approximate surface area is 324 Å². The molecule has 9 rings (SSSR count). The predicted molar refractivity (Wildman–Crippen MR) is 201 cm³/mol. The Hall–Kier alpha value is -5.40. The van der Waals surface area contributed by atoms with Crippen molar-refractivity contribution in [2.24, 2.45) is 5.41 Å². The SMILES string of the molecule is C#Cc1c(F)ccc2cc(O)cc(-c3nc4c5c(nc(OCC6(CN7CCC(Oc8ccnc(C(F)(F)F)n8)CC7)CC6)nc5c3F)N3C[C@@H](C)NC[C@H]3CC4)c12. The van der Waals surface area contributed by atoms with Crippen LogP contribution in [0.15, 0.2) is 36.5 Å². The van der Waals surface area contributed by atoms with Gasteiger partial charge in [-0.1, -0.05) is 12.0 Å². The van der Waals surface area contributed by atoms with Crippen molar-refractivity contribution in [2.75, 3.05) is 44.2 Å². The van der Waals surface area contributed by atoms with Crippen LogP contribution < -0.4 is 19.7 Å². The van der Waals surface area contributed by atoms with E-state index < -0.39 is 23.6 Å². The van der Waals surface area contributed by atoms with Gasteiger partial charge in [0.25, 0.3) is 0 Å². The van der Waals surface area contributed by atoms with Gasteiger partial charge in [0.15, 0.2) is 5.82 Å². The normalized spacial score (nSPS) is 20.9. The molecule has 1 saturated carbocycles. The van der Waals surface area contributed by atoms with E-state index >= 15 is 8.78 Å². The molecule has 0 unspecified atom stereocenters. The van der Waals surface area contributed by atoms with E-state index in [0.717, 1.165) is 25.6 Å². The number of phenolic OH excluding ortho intramolecular Hbond substituents is 1. The number of halogens is 5. The number of anilines is 1. The Kier molecular flexibility index (Phi) is 9.27. The summed E-state index contributed by atoms with van der Waals surface area (Å²) in [5.41, 5.74) is 0.429. The van der Waals surface area contributed by atoms with Crippen LogP contribution >= 0.6 is 0 Å². The number of benzene rings is 2. The van der Waals surface area contributed by atoms with Gasteiger partial charge < -0.3 is 29.7 Å². The number of likely N-dealkylation sites (tertiary alicyclic amines) is 1. The zero-order valence-electron chi connectivity index (χ0n) is 31.0. The minimum absolute atomic E-state index is 0.0231. The highest BCUT2D eigenvalue weighted by atomic mass is 19.4. The molecule has 2 atom stereocenters. The number of ether oxygens (including phenoxy) is 2. The summed E-state index contributed by atoms with van der Waals surface area (Å²) in [6, 6.07) is 7.07. The fourth-order valence-electron chi connectivity index (χ4n) is 8.48. The maximum absolute atomic E-state index is 17.2. The van der Waals surface area contributed by atoms with Gasteiger partial charge in [-0.05, 0) is 69.0 Å². The van der Waals surface area contributed by atoms with Crippen molar-refractivity contribution in [1.82, 2.24) is 35.1 Å². The highest BCUT2D eigenvalue weighted by Crippen LogP contribution is 2.47. The molecule has 0 amide bonds. The molecule has 0 bridgehead atoms. The first-order valence-corrected chi connectivity index (χ1v) is 19.1. The third-order valence-corrected chi connectivity index (χ3v) is 11.6. The molecule has 0 radical (unpaired) electrons. The van der Waals surface area contributed by atoms with Crippen molar-refractivity contribution >= 4 is 27.5 Å². The number of fused-ring (bicyclic) bond motifs is 3. The molecule has 6 heterocycles. The molecule has 2 saturated heterocycles. The molecule has 5 aromatic rings. The van der Waals surface area contributed by atoms with Crippen molar-refractivity contribution < 1.29 is 36.5 Å². The van der Waals surface area contributed by atoms with Crippen molar-refractivity contribution in [1.29, 1.82) is 0 Å². The van der Waals surface area contributed by atoms with Crippen LogP contribution in [0.4, 0.5) is 27.8 Å². The molecule has 4 aliphatic rings. The number of alkyl halides is 3. The number of rotatable bonds is 8. The second-order valence-electron chi connectivity index (χ2n) is 15.7. The van der Waals surface area contributed by atoms with Gasteiger partial charge in [-0.25, -0.2) is 18.7 Å². The number of aromatic hydroxyl groups is 1. The Morgan fingerprint density at radius 1 is 1.04 bits per heavy atom. The first kappa shape index (κ1) is 37.2. The van der Waals surface area contributed by atoms with Crippen LogP contribution in [0.25, 0.3) is 32.9 Å². The molecule has 57 heavy (non-hydrogen) atoms. The molecule has 296 valence electrons. The molecule has 0 spiro atoms. The lowest BCUT2D eigenvalue weighted by Gasteiger charge is -2.39. The third kappa shape index (κ3) is 7.12. The van der Waals surface area contributed by atoms with Gasteiger partial charge in [0.1, 0.15) is 34.7 Å². The van der Waals surface area contributed by atoms with Crippen molar-refractivity contribution in [2.45, 2.75) is 69.8 Å². The zero-order valence-corrected chi connectivity index (χ0v) is 31.0. The average Bonchev–Trinajstić information content (AvgIpc) is 3.98. The van der Waals surface area contributed by atoms with Gasteiger partial charge in [0, 0.05) is 73.4 Å². The number of nitrogens with one attached hydrogen (secondary N) is 1. The third-order valence-electron chi connectivity index (χ3n) is 11.6. The molecule has 11 nitrogen and oxygen atoms in total. The lowest BCUT2D eigenvalue weighted by molar-refractivity contribution is -0.145. The Morgan fingerprint density at radius 3 is 2.60 bits per heavy atom. The van der Waals surface area contributed by atoms with Crippen molar-refractivity contribution in [3.8, 4) is 41.2 Å². The van der Waals surface area contributed by atoms with Crippen LogP contribution in [0, 0.1) is 29.4 Å². The van der Waals surface area contributed by atoms with E-state index in [-0.39, 0.29) is 69.0 Å². The molecule has 3 aliphatic heterocycles. The number of phenols is 1. The second kappa shape index (κ2) is 14.2. The van der Waals surface area contributed by atoms with E-state index in [1.807, 2.05) is 0 Å². The quantitative estimate of drug-likeness (QED) is 0.134. The van der Waals surface area contributed by atoms with Gasteiger partial charge >= 0.3 is 12.2 Å². The molecule has 2 aromatic carbocycles. The topological polar surface area (TPSA) is 122 Å². The van der Waals surface area contributed by atoms with Crippen molar-refractivity contribution in [3.63, 3.8) is 0 Å². The summed E-state index contributed by atoms with van der Waals surface area (Å²) in [6.45, 7) is 5.81. The predicted octanol–water partition coefficient (Wildman–Crippen LogP) is 6.43. The average molecular weight is 787 g/mol. The summed E-state index contributed by atoms with van der Waals surface area (Å²) >= 11 is 0. The number of piperazine rings is 1. The minimum Gasteiger partial charge on any atom is -0.508 e. The van der Waals surface area contributed by atoms with Crippen molar-refractivity contribution in [3.05, 3.63) is 65.2 Å². The van der Waals surface area contributed by atoms with Crippen LogP contribution in [0.1, 0.15) is 56.1 Å². The number of hydrogen-bond acceptors (Lipinski definition) is 11. The van der Waals surface area contributed by atoms with Gasteiger partial charge in [-0.15, -0.1) is 6.42 Å². The number of pyridine rings is 1. The monoisotopic (exact) mass is 786 g/mol. The largest absolute Gasteiger partial charge is 0.508 e. The first-order valence-electron chi connectivity index (χ1n) is 19.1. The molecule has 2 N–H and O–H groups in total. The fourth-order valence-corrected chi connectivity index (χ4v) is 8.48. The van der Waals surface area contributed by atoms with Crippen LogP contribution in [0.2, 0.25) is 0 Å². The summed E-state index contributed by atoms with van der Waals surface area (Å²) in [5, 5.41) is 15.5. The van der Waals surface area contributed by atoms with Gasteiger partial charge in [-0.3, -0.25) is 0 Å². The van der Waals surface area contributed by atoms with Crippen LogP contribution in [0.3, 0.4) is 0 Å². The molecular formula is C41H39F5N8O3. The highest BCUT2D eigenvalue weighted by molar-refractivity contribution is 6.03. The second-order valence-corrected chi connectivity index (χ2v) is 15.7. The maximum atomic E-state index is 17.2. The number of terminal acetylenes is 1.